The van der Waals surface area contributed by atoms with Crippen LogP contribution in [0.15, 0.2) is 47.3 Å². The average Bonchev–Trinajstić information content (AvgIpc) is 2.86. The van der Waals surface area contributed by atoms with E-state index >= 15 is 0 Å². The van der Waals surface area contributed by atoms with E-state index in [1.807, 2.05) is 0 Å². The molecule has 0 atom stereocenters. The van der Waals surface area contributed by atoms with Crippen LogP contribution in [0.5, 0.6) is 11.5 Å². The van der Waals surface area contributed by atoms with Crippen molar-refractivity contribution in [1.82, 2.24) is 9.78 Å². The molecule has 6 nitrogen and oxygen atoms in total. The van der Waals surface area contributed by atoms with Gasteiger partial charge < -0.3 is 14.9 Å². The summed E-state index contributed by atoms with van der Waals surface area (Å²) in [6.07, 6.45) is 1.61. The van der Waals surface area contributed by atoms with Gasteiger partial charge in [0.25, 0.3) is 5.56 Å². The maximum absolute atomic E-state index is 12.7. The number of hydrogen-bond donors (Lipinski definition) is 3. The molecule has 0 unspecified atom stereocenters. The zero-order valence-electron chi connectivity index (χ0n) is 13.1. The minimum Gasteiger partial charge on any atom is -0.504 e. The van der Waals surface area contributed by atoms with Crippen molar-refractivity contribution >= 4 is 24.3 Å². The fourth-order valence-electron chi connectivity index (χ4n) is 2.42. The normalized spacial score (nSPS) is 11.7. The summed E-state index contributed by atoms with van der Waals surface area (Å²) in [5.74, 6) is 0.00687. The number of aromatic hydroxyl groups is 1. The number of hydrogen-bond acceptors (Lipinski definition) is 4. The lowest BCUT2D eigenvalue weighted by Gasteiger charge is -2.05. The lowest BCUT2D eigenvalue weighted by molar-refractivity contribution is 0.0955. The smallest absolute Gasteiger partial charge is 0.279 e. The van der Waals surface area contributed by atoms with Crippen molar-refractivity contribution < 1.29 is 14.9 Å². The van der Waals surface area contributed by atoms with Crippen LogP contribution in [0.1, 0.15) is 5.56 Å². The van der Waals surface area contributed by atoms with Gasteiger partial charge in [0.15, 0.2) is 18.3 Å². The number of aliphatic hydroxyl groups is 1. The molecular formula is C18H15ClN2O4. The van der Waals surface area contributed by atoms with E-state index in [-0.39, 0.29) is 17.1 Å². The van der Waals surface area contributed by atoms with Crippen LogP contribution < -0.4 is 20.9 Å². The SMILES string of the molecule is C=c1[nH]n(-c2ccccc2Cl)c(=O)/c1=C/c1ccc(O)c(OCO)c1. The van der Waals surface area contributed by atoms with E-state index < -0.39 is 6.79 Å². The molecule has 1 heterocycles. The Morgan fingerprint density at radius 2 is 2.04 bits per heavy atom. The number of phenols is 1. The molecule has 0 aliphatic carbocycles. The number of ether oxygens (including phenoxy) is 1. The molecule has 0 aliphatic heterocycles. The number of benzene rings is 2. The maximum atomic E-state index is 12.7. The van der Waals surface area contributed by atoms with Crippen LogP contribution in [-0.4, -0.2) is 26.8 Å². The summed E-state index contributed by atoms with van der Waals surface area (Å²) in [7, 11) is 0. The van der Waals surface area contributed by atoms with Crippen molar-refractivity contribution in [3.63, 3.8) is 0 Å². The fourth-order valence-corrected chi connectivity index (χ4v) is 2.64. The molecule has 3 N–H and O–H groups in total. The Labute approximate surface area is 147 Å². The molecule has 0 amide bonds. The van der Waals surface area contributed by atoms with Crippen LogP contribution in [-0.2, 0) is 0 Å². The summed E-state index contributed by atoms with van der Waals surface area (Å²) >= 11 is 6.15. The van der Waals surface area contributed by atoms with E-state index in [1.165, 1.54) is 16.8 Å². The summed E-state index contributed by atoms with van der Waals surface area (Å²) < 4.78 is 6.25. The van der Waals surface area contributed by atoms with Gasteiger partial charge in [0.1, 0.15) is 0 Å². The third-order valence-electron chi connectivity index (χ3n) is 3.61. The number of aromatic nitrogens is 2. The summed E-state index contributed by atoms with van der Waals surface area (Å²) in [5, 5.41) is 22.6. The summed E-state index contributed by atoms with van der Waals surface area (Å²) in [4.78, 5) is 12.7. The monoisotopic (exact) mass is 358 g/mol. The molecule has 1 aromatic heterocycles. The topological polar surface area (TPSA) is 87.5 Å². The largest absolute Gasteiger partial charge is 0.504 e. The van der Waals surface area contributed by atoms with Crippen LogP contribution in [0.25, 0.3) is 18.3 Å². The number of aliphatic hydroxyl groups excluding tert-OH is 1. The Bertz CT molecular complexity index is 1090. The molecule has 0 bridgehead atoms. The Morgan fingerprint density at radius 3 is 2.76 bits per heavy atom. The Kier molecular flexibility index (Phi) is 4.65. The first kappa shape index (κ1) is 16.9. The Morgan fingerprint density at radius 1 is 1.28 bits per heavy atom. The van der Waals surface area contributed by atoms with Gasteiger partial charge in [-0.25, -0.2) is 4.68 Å². The fraction of sp³-hybridized carbons (Fsp3) is 0.0556. The highest BCUT2D eigenvalue weighted by Gasteiger charge is 2.08. The molecule has 3 aromatic rings. The Hall–Kier alpha value is -2.96. The van der Waals surface area contributed by atoms with Crippen molar-refractivity contribution in [2.75, 3.05) is 6.79 Å². The minimum atomic E-state index is -0.568. The molecular weight excluding hydrogens is 344 g/mol. The molecule has 0 aliphatic rings. The number of rotatable bonds is 4. The number of para-hydroxylation sites is 1. The first-order valence-electron chi connectivity index (χ1n) is 7.34. The van der Waals surface area contributed by atoms with Gasteiger partial charge >= 0.3 is 0 Å². The van der Waals surface area contributed by atoms with Crippen LogP contribution in [0, 0.1) is 0 Å². The molecule has 3 rings (SSSR count). The van der Waals surface area contributed by atoms with Gasteiger partial charge in [-0.2, -0.15) is 0 Å². The zero-order valence-corrected chi connectivity index (χ0v) is 13.8. The van der Waals surface area contributed by atoms with Crippen molar-refractivity contribution in [3.05, 3.63) is 74.0 Å². The first-order chi connectivity index (χ1) is 12.0. The second-order valence-electron chi connectivity index (χ2n) is 5.24. The number of aromatic amines is 1. The Balaban J connectivity index is 2.15. The van der Waals surface area contributed by atoms with Gasteiger partial charge in [-0.3, -0.25) is 9.89 Å². The van der Waals surface area contributed by atoms with Gasteiger partial charge in [-0.1, -0.05) is 36.4 Å². The van der Waals surface area contributed by atoms with E-state index in [1.54, 1.807) is 36.4 Å². The summed E-state index contributed by atoms with van der Waals surface area (Å²) in [5.41, 5.74) is 0.818. The van der Waals surface area contributed by atoms with Crippen LogP contribution >= 0.6 is 11.6 Å². The number of H-pyrrole nitrogens is 1. The van der Waals surface area contributed by atoms with E-state index in [9.17, 15) is 9.90 Å². The maximum Gasteiger partial charge on any atom is 0.279 e. The second kappa shape index (κ2) is 6.88. The molecule has 25 heavy (non-hydrogen) atoms. The summed E-state index contributed by atoms with van der Waals surface area (Å²) in [6, 6.07) is 11.5. The van der Waals surface area contributed by atoms with Gasteiger partial charge in [-0.15, -0.1) is 0 Å². The third-order valence-corrected chi connectivity index (χ3v) is 3.93. The quantitative estimate of drug-likeness (QED) is 0.609. The number of phenolic OH excluding ortho intramolecular Hbond substituents is 1. The molecule has 7 heteroatoms. The number of halogens is 1. The highest BCUT2D eigenvalue weighted by atomic mass is 35.5. The molecule has 0 spiro atoms. The predicted molar refractivity (Wildman–Crippen MR) is 95.6 cm³/mol. The highest BCUT2D eigenvalue weighted by molar-refractivity contribution is 6.32. The summed E-state index contributed by atoms with van der Waals surface area (Å²) in [6.45, 7) is 3.29. The molecule has 0 saturated heterocycles. The van der Waals surface area contributed by atoms with E-state index in [0.29, 0.717) is 26.8 Å². The van der Waals surface area contributed by atoms with Gasteiger partial charge in [-0.05, 0) is 35.9 Å². The van der Waals surface area contributed by atoms with Gasteiger partial charge in [0.05, 0.1) is 21.3 Å². The first-order valence-corrected chi connectivity index (χ1v) is 7.72. The molecule has 0 fully saturated rings. The second-order valence-corrected chi connectivity index (χ2v) is 5.65. The molecule has 0 saturated carbocycles. The van der Waals surface area contributed by atoms with Crippen molar-refractivity contribution in [2.24, 2.45) is 0 Å². The number of nitrogens with zero attached hydrogens (tertiary/aromatic N) is 1. The third kappa shape index (κ3) is 3.31. The predicted octanol–water partition coefficient (Wildman–Crippen LogP) is 1.09. The van der Waals surface area contributed by atoms with Crippen molar-refractivity contribution in [3.8, 4) is 17.2 Å². The lowest BCUT2D eigenvalue weighted by atomic mass is 10.1. The number of nitrogens with one attached hydrogen (secondary N) is 1. The van der Waals surface area contributed by atoms with Gasteiger partial charge in [0, 0.05) is 0 Å². The van der Waals surface area contributed by atoms with Crippen LogP contribution in [0.4, 0.5) is 0 Å². The van der Waals surface area contributed by atoms with E-state index in [4.69, 9.17) is 21.4 Å². The molecule has 0 radical (unpaired) electrons. The zero-order chi connectivity index (χ0) is 18.0. The van der Waals surface area contributed by atoms with Crippen molar-refractivity contribution in [2.45, 2.75) is 0 Å². The van der Waals surface area contributed by atoms with Crippen LogP contribution in [0.2, 0.25) is 5.02 Å². The van der Waals surface area contributed by atoms with Crippen LogP contribution in [0.3, 0.4) is 0 Å². The standard InChI is InChI=1S/C18H15ClN2O4/c1-11-13(8-12-6-7-16(23)17(9-12)25-10-22)18(24)21(20-11)15-5-3-2-4-14(15)19/h2-9,20,22-23H,1,10H2/b13-8+. The van der Waals surface area contributed by atoms with E-state index in [2.05, 4.69) is 11.7 Å². The molecule has 2 aromatic carbocycles. The van der Waals surface area contributed by atoms with E-state index in [0.717, 1.165) is 0 Å². The average molecular weight is 359 g/mol. The minimum absolute atomic E-state index is 0.108. The lowest BCUT2D eigenvalue weighted by Crippen LogP contribution is -2.34. The highest BCUT2D eigenvalue weighted by Crippen LogP contribution is 2.26. The molecule has 128 valence electrons. The van der Waals surface area contributed by atoms with Crippen molar-refractivity contribution in [1.29, 1.82) is 0 Å². The van der Waals surface area contributed by atoms with Gasteiger partial charge in [0.2, 0.25) is 0 Å².